The number of pyridine rings is 2. The van der Waals surface area contributed by atoms with Crippen LogP contribution in [0.1, 0.15) is 70.2 Å². The molecule has 3 aromatic rings. The van der Waals surface area contributed by atoms with Crippen LogP contribution in [0.5, 0.6) is 0 Å². The molecule has 0 saturated heterocycles. The van der Waals surface area contributed by atoms with E-state index in [0.717, 1.165) is 49.2 Å². The van der Waals surface area contributed by atoms with Gasteiger partial charge in [0.25, 0.3) is 5.91 Å². The minimum atomic E-state index is -0.404. The molecule has 0 spiro atoms. The van der Waals surface area contributed by atoms with Crippen LogP contribution in [0.4, 0.5) is 4.39 Å². The number of hydrogen-bond donors (Lipinski definition) is 1. The van der Waals surface area contributed by atoms with Gasteiger partial charge in [0, 0.05) is 29.1 Å². The molecule has 152 valence electrons. The summed E-state index contributed by atoms with van der Waals surface area (Å²) in [5, 5.41) is 3.14. The third-order valence-corrected chi connectivity index (χ3v) is 6.33. The van der Waals surface area contributed by atoms with Crippen molar-refractivity contribution in [2.45, 2.75) is 50.5 Å². The van der Waals surface area contributed by atoms with E-state index >= 15 is 0 Å². The summed E-state index contributed by atoms with van der Waals surface area (Å²) in [5.74, 6) is -0.203. The molecule has 1 N–H and O–H groups in total. The number of nitrogens with zero attached hydrogens (tertiary/aromatic N) is 2. The number of halogens is 1. The van der Waals surface area contributed by atoms with E-state index in [4.69, 9.17) is 4.98 Å². The molecule has 2 heterocycles. The number of aromatic nitrogens is 2. The molecule has 1 saturated carbocycles. The summed E-state index contributed by atoms with van der Waals surface area (Å²) in [6.07, 6.45) is 6.88. The Morgan fingerprint density at radius 2 is 1.90 bits per heavy atom. The molecule has 1 fully saturated rings. The van der Waals surface area contributed by atoms with Crippen molar-refractivity contribution < 1.29 is 9.18 Å². The van der Waals surface area contributed by atoms with Gasteiger partial charge in [0.05, 0.1) is 11.2 Å². The van der Waals surface area contributed by atoms with Gasteiger partial charge in [0.2, 0.25) is 0 Å². The minimum Gasteiger partial charge on any atom is -0.341 e. The molecule has 5 rings (SSSR count). The lowest BCUT2D eigenvalue weighted by Gasteiger charge is -2.27. The van der Waals surface area contributed by atoms with E-state index in [1.54, 1.807) is 0 Å². The largest absolute Gasteiger partial charge is 0.341 e. The van der Waals surface area contributed by atoms with Crippen LogP contribution in [0.25, 0.3) is 0 Å². The number of hydrogen-bond acceptors (Lipinski definition) is 3. The van der Waals surface area contributed by atoms with Gasteiger partial charge in [-0.25, -0.2) is 4.39 Å². The fourth-order valence-electron chi connectivity index (χ4n) is 4.42. The fraction of sp³-hybridized carbons (Fsp3) is 0.320. The summed E-state index contributed by atoms with van der Waals surface area (Å²) in [6, 6.07) is 14.1. The van der Waals surface area contributed by atoms with Crippen LogP contribution < -0.4 is 5.32 Å². The highest BCUT2D eigenvalue weighted by atomic mass is 19.1. The molecular weight excluding hydrogens is 377 g/mol. The van der Waals surface area contributed by atoms with Crippen LogP contribution in [-0.2, 0) is 12.0 Å². The van der Waals surface area contributed by atoms with E-state index in [0.29, 0.717) is 11.5 Å². The molecule has 1 atom stereocenters. The smallest absolute Gasteiger partial charge is 0.252 e. The van der Waals surface area contributed by atoms with Crippen LogP contribution >= 0.6 is 0 Å². The first-order valence-corrected chi connectivity index (χ1v) is 10.5. The van der Waals surface area contributed by atoms with Crippen molar-refractivity contribution in [3.8, 4) is 0 Å². The number of carbonyl (C=O) groups is 1. The molecule has 1 amide bonds. The second-order valence-electron chi connectivity index (χ2n) is 8.45. The third-order valence-electron chi connectivity index (χ3n) is 6.33. The average molecular weight is 401 g/mol. The third kappa shape index (κ3) is 3.49. The molecule has 2 aliphatic carbocycles. The second-order valence-corrected chi connectivity index (χ2v) is 8.45. The molecule has 30 heavy (non-hydrogen) atoms. The van der Waals surface area contributed by atoms with Gasteiger partial charge in [-0.2, -0.15) is 0 Å². The maximum Gasteiger partial charge on any atom is 0.252 e. The first-order valence-electron chi connectivity index (χ1n) is 10.5. The molecule has 0 bridgehead atoms. The zero-order valence-corrected chi connectivity index (χ0v) is 17.0. The van der Waals surface area contributed by atoms with E-state index < -0.39 is 5.54 Å². The Hall–Kier alpha value is -3.08. The van der Waals surface area contributed by atoms with Crippen molar-refractivity contribution in [1.29, 1.82) is 0 Å². The molecule has 1 unspecified atom stereocenters. The van der Waals surface area contributed by atoms with Crippen LogP contribution in [0.2, 0.25) is 0 Å². The molecule has 0 radical (unpaired) electrons. The summed E-state index contributed by atoms with van der Waals surface area (Å²) in [7, 11) is 0. The van der Waals surface area contributed by atoms with Crippen molar-refractivity contribution in [3.05, 3.63) is 94.3 Å². The van der Waals surface area contributed by atoms with Crippen molar-refractivity contribution in [1.82, 2.24) is 15.3 Å². The predicted molar refractivity (Wildman–Crippen MR) is 113 cm³/mol. The molecule has 0 aliphatic heterocycles. The number of rotatable bonds is 4. The van der Waals surface area contributed by atoms with Gasteiger partial charge < -0.3 is 5.32 Å². The molecule has 5 heteroatoms. The standard InChI is InChI=1S/C25H24FN3O/c1-16-5-6-18(15-27-16)20-3-2-4-22-21(20)11-12-23(28-22)25(13-14-25)29-24(30)17-7-9-19(26)10-8-17/h5-12,15,20H,2-4,13-14H2,1H3,(H,29,30). The Kier molecular flexibility index (Phi) is 4.61. The Balaban J connectivity index is 1.40. The van der Waals surface area contributed by atoms with Gasteiger partial charge in [-0.1, -0.05) is 12.1 Å². The fourth-order valence-corrected chi connectivity index (χ4v) is 4.42. The highest BCUT2D eigenvalue weighted by Gasteiger charge is 2.47. The second kappa shape index (κ2) is 7.31. The van der Waals surface area contributed by atoms with Gasteiger partial charge in [-0.3, -0.25) is 14.8 Å². The Morgan fingerprint density at radius 1 is 1.10 bits per heavy atom. The van der Waals surface area contributed by atoms with E-state index in [9.17, 15) is 9.18 Å². The maximum absolute atomic E-state index is 13.2. The van der Waals surface area contributed by atoms with Gasteiger partial charge in [-0.15, -0.1) is 0 Å². The quantitative estimate of drug-likeness (QED) is 0.682. The Bertz CT molecular complexity index is 1090. The number of aryl methyl sites for hydroxylation is 2. The van der Waals surface area contributed by atoms with Crippen LogP contribution in [0.3, 0.4) is 0 Å². The molecule has 2 aromatic heterocycles. The normalized spacial score (nSPS) is 19.1. The molecule has 4 nitrogen and oxygen atoms in total. The van der Waals surface area contributed by atoms with Crippen LogP contribution in [0, 0.1) is 12.7 Å². The average Bonchev–Trinajstić information content (AvgIpc) is 3.54. The van der Waals surface area contributed by atoms with E-state index in [1.165, 1.54) is 35.4 Å². The molecule has 1 aromatic carbocycles. The first kappa shape index (κ1) is 18.9. The van der Waals surface area contributed by atoms with Crippen molar-refractivity contribution in [2.75, 3.05) is 0 Å². The summed E-state index contributed by atoms with van der Waals surface area (Å²) < 4.78 is 13.2. The lowest BCUT2D eigenvalue weighted by atomic mass is 9.81. The van der Waals surface area contributed by atoms with E-state index in [-0.39, 0.29) is 11.7 Å². The van der Waals surface area contributed by atoms with Gasteiger partial charge >= 0.3 is 0 Å². The summed E-state index contributed by atoms with van der Waals surface area (Å²) in [5.41, 5.74) is 5.66. The number of nitrogens with one attached hydrogen (secondary N) is 1. The molecular formula is C25H24FN3O. The van der Waals surface area contributed by atoms with E-state index in [2.05, 4.69) is 34.6 Å². The van der Waals surface area contributed by atoms with Crippen LogP contribution in [-0.4, -0.2) is 15.9 Å². The summed E-state index contributed by atoms with van der Waals surface area (Å²) in [4.78, 5) is 22.1. The summed E-state index contributed by atoms with van der Waals surface area (Å²) in [6.45, 7) is 2.00. The number of carbonyl (C=O) groups excluding carboxylic acids is 1. The maximum atomic E-state index is 13.2. The number of fused-ring (bicyclic) bond motifs is 1. The topological polar surface area (TPSA) is 54.9 Å². The predicted octanol–water partition coefficient (Wildman–Crippen LogP) is 4.81. The van der Waals surface area contributed by atoms with Crippen LogP contribution in [0.15, 0.2) is 54.7 Å². The monoisotopic (exact) mass is 401 g/mol. The van der Waals surface area contributed by atoms with Gasteiger partial charge in [-0.05, 0) is 86.6 Å². The van der Waals surface area contributed by atoms with Crippen molar-refractivity contribution in [3.63, 3.8) is 0 Å². The Morgan fingerprint density at radius 3 is 2.60 bits per heavy atom. The minimum absolute atomic E-state index is 0.185. The molecule has 2 aliphatic rings. The lowest BCUT2D eigenvalue weighted by Crippen LogP contribution is -2.36. The zero-order valence-electron chi connectivity index (χ0n) is 17.0. The first-order chi connectivity index (χ1) is 14.5. The highest BCUT2D eigenvalue weighted by molar-refractivity contribution is 5.95. The van der Waals surface area contributed by atoms with Gasteiger partial charge in [0.15, 0.2) is 0 Å². The zero-order chi connectivity index (χ0) is 20.7. The Labute approximate surface area is 175 Å². The van der Waals surface area contributed by atoms with E-state index in [1.807, 2.05) is 13.1 Å². The van der Waals surface area contributed by atoms with Gasteiger partial charge in [0.1, 0.15) is 5.82 Å². The SMILES string of the molecule is Cc1ccc(C2CCCc3nc(C4(NC(=O)c5ccc(F)cc5)CC4)ccc32)cn1. The lowest BCUT2D eigenvalue weighted by molar-refractivity contribution is 0.0929. The number of benzene rings is 1. The summed E-state index contributed by atoms with van der Waals surface area (Å²) >= 11 is 0. The van der Waals surface area contributed by atoms with Crippen molar-refractivity contribution in [2.24, 2.45) is 0 Å². The highest BCUT2D eigenvalue weighted by Crippen LogP contribution is 2.46. The van der Waals surface area contributed by atoms with Crippen molar-refractivity contribution >= 4 is 5.91 Å². The number of amides is 1.